The van der Waals surface area contributed by atoms with Gasteiger partial charge in [0.25, 0.3) is 0 Å². The maximum absolute atomic E-state index is 12.4. The van der Waals surface area contributed by atoms with Crippen LogP contribution in [0.1, 0.15) is 16.8 Å². The zero-order chi connectivity index (χ0) is 20.9. The lowest BCUT2D eigenvalue weighted by Crippen LogP contribution is -2.35. The van der Waals surface area contributed by atoms with Crippen molar-refractivity contribution < 1.29 is 9.53 Å². The zero-order valence-electron chi connectivity index (χ0n) is 16.9. The number of rotatable bonds is 6. The SMILES string of the molecule is Cc1ccc(NC(=O)Cc2csc(-c3cccc(CN4CCOCC4)c3)n2)cc1Br. The molecule has 0 bridgehead atoms. The molecule has 156 valence electrons. The van der Waals surface area contributed by atoms with Gasteiger partial charge in [-0.25, -0.2) is 4.98 Å². The molecular formula is C23H24BrN3O2S. The van der Waals surface area contributed by atoms with Gasteiger partial charge in [0.05, 0.1) is 25.3 Å². The molecule has 1 aromatic heterocycles. The van der Waals surface area contributed by atoms with Gasteiger partial charge in [-0.1, -0.05) is 40.2 Å². The second-order valence-electron chi connectivity index (χ2n) is 7.42. The molecule has 2 aromatic carbocycles. The van der Waals surface area contributed by atoms with Crippen molar-refractivity contribution in [1.82, 2.24) is 9.88 Å². The lowest BCUT2D eigenvalue weighted by atomic mass is 10.1. The van der Waals surface area contributed by atoms with Crippen molar-refractivity contribution in [1.29, 1.82) is 0 Å². The molecule has 1 fully saturated rings. The number of nitrogens with one attached hydrogen (secondary N) is 1. The molecule has 3 aromatic rings. The van der Waals surface area contributed by atoms with Gasteiger partial charge in [0.1, 0.15) is 5.01 Å². The molecule has 0 saturated carbocycles. The summed E-state index contributed by atoms with van der Waals surface area (Å²) in [6.45, 7) is 6.48. The first-order chi connectivity index (χ1) is 14.6. The minimum absolute atomic E-state index is 0.0660. The Morgan fingerprint density at radius 2 is 2.07 bits per heavy atom. The molecule has 0 spiro atoms. The maximum atomic E-state index is 12.4. The Morgan fingerprint density at radius 1 is 1.23 bits per heavy atom. The number of amides is 1. The molecule has 0 aliphatic carbocycles. The van der Waals surface area contributed by atoms with E-state index in [0.29, 0.717) is 0 Å². The highest BCUT2D eigenvalue weighted by atomic mass is 79.9. The lowest BCUT2D eigenvalue weighted by molar-refractivity contribution is -0.115. The molecular weight excluding hydrogens is 462 g/mol. The molecule has 2 heterocycles. The lowest BCUT2D eigenvalue weighted by Gasteiger charge is -2.26. The third-order valence-corrected chi connectivity index (χ3v) is 6.83. The van der Waals surface area contributed by atoms with Gasteiger partial charge in [0.15, 0.2) is 0 Å². The fourth-order valence-corrected chi connectivity index (χ4v) is 4.58. The van der Waals surface area contributed by atoms with Crippen LogP contribution in [0.4, 0.5) is 5.69 Å². The van der Waals surface area contributed by atoms with Gasteiger partial charge in [-0.05, 0) is 36.2 Å². The van der Waals surface area contributed by atoms with Crippen molar-refractivity contribution in [2.24, 2.45) is 0 Å². The predicted octanol–water partition coefficient (Wildman–Crippen LogP) is 4.89. The van der Waals surface area contributed by atoms with Crippen molar-refractivity contribution in [3.05, 3.63) is 69.1 Å². The van der Waals surface area contributed by atoms with E-state index in [0.717, 1.165) is 64.8 Å². The normalized spacial score (nSPS) is 14.6. The summed E-state index contributed by atoms with van der Waals surface area (Å²) < 4.78 is 6.41. The maximum Gasteiger partial charge on any atom is 0.230 e. The number of aryl methyl sites for hydroxylation is 1. The Labute approximate surface area is 189 Å². The summed E-state index contributed by atoms with van der Waals surface area (Å²) in [4.78, 5) is 19.5. The highest BCUT2D eigenvalue weighted by Gasteiger charge is 2.13. The molecule has 1 N–H and O–H groups in total. The Hall–Kier alpha value is -2.06. The summed E-state index contributed by atoms with van der Waals surface area (Å²) in [6.07, 6.45) is 0.259. The molecule has 0 atom stereocenters. The molecule has 1 saturated heterocycles. The third kappa shape index (κ3) is 5.55. The van der Waals surface area contributed by atoms with Crippen molar-refractivity contribution >= 4 is 38.9 Å². The van der Waals surface area contributed by atoms with Crippen LogP contribution < -0.4 is 5.32 Å². The van der Waals surface area contributed by atoms with E-state index in [9.17, 15) is 4.79 Å². The predicted molar refractivity (Wildman–Crippen MR) is 125 cm³/mol. The Morgan fingerprint density at radius 3 is 2.87 bits per heavy atom. The van der Waals surface area contributed by atoms with E-state index in [4.69, 9.17) is 9.72 Å². The topological polar surface area (TPSA) is 54.5 Å². The average Bonchev–Trinajstić information content (AvgIpc) is 3.20. The molecule has 5 nitrogen and oxygen atoms in total. The van der Waals surface area contributed by atoms with E-state index >= 15 is 0 Å². The second-order valence-corrected chi connectivity index (χ2v) is 9.13. The minimum Gasteiger partial charge on any atom is -0.379 e. The summed E-state index contributed by atoms with van der Waals surface area (Å²) in [5.74, 6) is -0.0660. The van der Waals surface area contributed by atoms with Gasteiger partial charge in [-0.2, -0.15) is 0 Å². The molecule has 0 radical (unpaired) electrons. The fraction of sp³-hybridized carbons (Fsp3) is 0.304. The first-order valence-corrected chi connectivity index (χ1v) is 11.6. The quantitative estimate of drug-likeness (QED) is 0.539. The van der Waals surface area contributed by atoms with E-state index in [1.807, 2.05) is 30.5 Å². The number of thiazole rings is 1. The number of morpholine rings is 1. The number of aromatic nitrogens is 1. The highest BCUT2D eigenvalue weighted by molar-refractivity contribution is 9.10. The molecule has 1 aliphatic heterocycles. The zero-order valence-corrected chi connectivity index (χ0v) is 19.3. The third-order valence-electron chi connectivity index (χ3n) is 5.03. The van der Waals surface area contributed by atoms with Crippen LogP contribution in [0, 0.1) is 6.92 Å². The number of ether oxygens (including phenoxy) is 1. The number of benzene rings is 2. The number of hydrogen-bond acceptors (Lipinski definition) is 5. The van der Waals surface area contributed by atoms with Gasteiger partial charge >= 0.3 is 0 Å². The standard InChI is InChI=1S/C23H24BrN3O2S/c1-16-5-6-19(12-21(16)24)25-22(28)13-20-15-30-23(26-20)18-4-2-3-17(11-18)14-27-7-9-29-10-8-27/h2-6,11-12,15H,7-10,13-14H2,1H3,(H,25,28). The van der Waals surface area contributed by atoms with Crippen LogP contribution in [0.15, 0.2) is 52.3 Å². The van der Waals surface area contributed by atoms with Crippen molar-refractivity contribution in [2.75, 3.05) is 31.6 Å². The van der Waals surface area contributed by atoms with Crippen LogP contribution in [-0.2, 0) is 22.5 Å². The number of anilines is 1. The van der Waals surface area contributed by atoms with Crippen LogP contribution >= 0.6 is 27.3 Å². The monoisotopic (exact) mass is 485 g/mol. The first-order valence-electron chi connectivity index (χ1n) is 9.96. The van der Waals surface area contributed by atoms with Gasteiger partial charge in [0, 0.05) is 40.7 Å². The van der Waals surface area contributed by atoms with E-state index in [-0.39, 0.29) is 12.3 Å². The molecule has 0 unspecified atom stereocenters. The first kappa shape index (κ1) is 21.2. The van der Waals surface area contributed by atoms with Crippen LogP contribution in [0.3, 0.4) is 0 Å². The molecule has 7 heteroatoms. The summed E-state index contributed by atoms with van der Waals surface area (Å²) >= 11 is 5.08. The van der Waals surface area contributed by atoms with E-state index in [1.54, 1.807) is 11.3 Å². The summed E-state index contributed by atoms with van der Waals surface area (Å²) in [5, 5.41) is 5.85. The number of halogens is 1. The minimum atomic E-state index is -0.0660. The Kier molecular flexibility index (Phi) is 6.94. The van der Waals surface area contributed by atoms with E-state index in [1.165, 1.54) is 5.56 Å². The van der Waals surface area contributed by atoms with Crippen LogP contribution in [0.25, 0.3) is 10.6 Å². The summed E-state index contributed by atoms with van der Waals surface area (Å²) in [6, 6.07) is 14.3. The largest absolute Gasteiger partial charge is 0.379 e. The molecule has 4 rings (SSSR count). The van der Waals surface area contributed by atoms with Gasteiger partial charge in [-0.3, -0.25) is 9.69 Å². The van der Waals surface area contributed by atoms with Crippen molar-refractivity contribution in [3.63, 3.8) is 0 Å². The van der Waals surface area contributed by atoms with Crippen LogP contribution in [0.2, 0.25) is 0 Å². The van der Waals surface area contributed by atoms with Crippen LogP contribution in [-0.4, -0.2) is 42.1 Å². The highest BCUT2D eigenvalue weighted by Crippen LogP contribution is 2.26. The number of hydrogen-bond donors (Lipinski definition) is 1. The van der Waals surface area contributed by atoms with E-state index < -0.39 is 0 Å². The molecule has 1 aliphatic rings. The number of carbonyl (C=O) groups excluding carboxylic acids is 1. The van der Waals surface area contributed by atoms with Crippen molar-refractivity contribution in [2.45, 2.75) is 19.9 Å². The van der Waals surface area contributed by atoms with Gasteiger partial charge in [0.2, 0.25) is 5.91 Å². The van der Waals surface area contributed by atoms with Crippen LogP contribution in [0.5, 0.6) is 0 Å². The molecule has 30 heavy (non-hydrogen) atoms. The van der Waals surface area contributed by atoms with E-state index in [2.05, 4.69) is 50.4 Å². The smallest absolute Gasteiger partial charge is 0.230 e. The Bertz CT molecular complexity index is 1030. The number of carbonyl (C=O) groups is 1. The average molecular weight is 486 g/mol. The number of nitrogens with zero attached hydrogens (tertiary/aromatic N) is 2. The molecule has 1 amide bonds. The van der Waals surface area contributed by atoms with Gasteiger partial charge < -0.3 is 10.1 Å². The summed E-state index contributed by atoms with van der Waals surface area (Å²) in [5.41, 5.74) is 5.07. The second kappa shape index (κ2) is 9.83. The van der Waals surface area contributed by atoms with Crippen molar-refractivity contribution in [3.8, 4) is 10.6 Å². The fourth-order valence-electron chi connectivity index (χ4n) is 3.38. The summed E-state index contributed by atoms with van der Waals surface area (Å²) in [7, 11) is 0. The Balaban J connectivity index is 1.39. The van der Waals surface area contributed by atoms with Gasteiger partial charge in [-0.15, -0.1) is 11.3 Å².